The molecule has 3 unspecified atom stereocenters. The minimum Gasteiger partial charge on any atom is -0.382 e. The fraction of sp³-hybridized carbons (Fsp3) is 1.00. The van der Waals surface area contributed by atoms with Crippen molar-refractivity contribution in [1.82, 2.24) is 5.32 Å². The van der Waals surface area contributed by atoms with Gasteiger partial charge in [-0.25, -0.2) is 0 Å². The summed E-state index contributed by atoms with van der Waals surface area (Å²) in [5.41, 5.74) is 0. The first-order valence-electron chi connectivity index (χ1n) is 7.15. The summed E-state index contributed by atoms with van der Waals surface area (Å²) in [5, 5.41) is 3.58. The van der Waals surface area contributed by atoms with Crippen LogP contribution in [-0.4, -0.2) is 38.5 Å². The smallest absolute Gasteiger partial charge is 0.0784 e. The fourth-order valence-corrected chi connectivity index (χ4v) is 2.68. The van der Waals surface area contributed by atoms with Crippen molar-refractivity contribution in [3.05, 3.63) is 0 Å². The number of methoxy groups -OCH3 is 1. The van der Waals surface area contributed by atoms with E-state index in [2.05, 4.69) is 19.2 Å². The third-order valence-electron chi connectivity index (χ3n) is 3.48. The highest BCUT2D eigenvalue weighted by molar-refractivity contribution is 4.79. The van der Waals surface area contributed by atoms with Crippen LogP contribution in [0.5, 0.6) is 0 Å². The van der Waals surface area contributed by atoms with Crippen LogP contribution < -0.4 is 5.32 Å². The number of likely N-dealkylation sites (N-methyl/N-ethyl adjacent to an activating group) is 1. The first kappa shape index (κ1) is 14.9. The van der Waals surface area contributed by atoms with Crippen LogP contribution in [0.15, 0.2) is 0 Å². The van der Waals surface area contributed by atoms with Gasteiger partial charge in [-0.2, -0.15) is 0 Å². The van der Waals surface area contributed by atoms with Crippen molar-refractivity contribution in [3.8, 4) is 0 Å². The summed E-state index contributed by atoms with van der Waals surface area (Å²) in [7, 11) is 1.74. The van der Waals surface area contributed by atoms with Crippen LogP contribution in [0.25, 0.3) is 0 Å². The topological polar surface area (TPSA) is 30.5 Å². The van der Waals surface area contributed by atoms with Crippen LogP contribution in [0.2, 0.25) is 0 Å². The number of hydrogen-bond acceptors (Lipinski definition) is 3. The second kappa shape index (κ2) is 8.90. The van der Waals surface area contributed by atoms with Gasteiger partial charge in [0.2, 0.25) is 0 Å². The molecule has 1 rings (SSSR count). The molecule has 0 saturated heterocycles. The van der Waals surface area contributed by atoms with Crippen LogP contribution in [0.1, 0.15) is 52.4 Å². The monoisotopic (exact) mass is 243 g/mol. The minimum atomic E-state index is 0.200. The highest BCUT2D eigenvalue weighted by Gasteiger charge is 2.24. The van der Waals surface area contributed by atoms with Crippen molar-refractivity contribution in [2.45, 2.75) is 70.6 Å². The summed E-state index contributed by atoms with van der Waals surface area (Å²) < 4.78 is 11.3. The second-order valence-electron chi connectivity index (χ2n) is 5.10. The molecule has 0 bridgehead atoms. The molecule has 0 aliphatic heterocycles. The Hall–Kier alpha value is -0.120. The standard InChI is InChI=1S/C14H29NO2/c1-4-15-13-9-7-5-6-8-10-14(13)17-12(2)11-16-3/h12-15H,4-11H2,1-3H3. The summed E-state index contributed by atoms with van der Waals surface area (Å²) in [6.07, 6.45) is 8.36. The molecule has 0 spiro atoms. The Labute approximate surface area is 106 Å². The Morgan fingerprint density at radius 1 is 1.18 bits per heavy atom. The van der Waals surface area contributed by atoms with E-state index in [0.717, 1.165) is 6.54 Å². The molecule has 1 N–H and O–H groups in total. The van der Waals surface area contributed by atoms with Crippen LogP contribution in [-0.2, 0) is 9.47 Å². The molecular formula is C14H29NO2. The Morgan fingerprint density at radius 3 is 2.53 bits per heavy atom. The minimum absolute atomic E-state index is 0.200. The van der Waals surface area contributed by atoms with E-state index in [1.807, 2.05) is 0 Å². The predicted octanol–water partition coefficient (Wildman–Crippen LogP) is 2.74. The molecule has 0 aromatic carbocycles. The van der Waals surface area contributed by atoms with Crippen LogP contribution in [0, 0.1) is 0 Å². The normalized spacial score (nSPS) is 28.4. The van der Waals surface area contributed by atoms with Gasteiger partial charge in [0.1, 0.15) is 0 Å². The summed E-state index contributed by atoms with van der Waals surface area (Å²) in [6, 6.07) is 0.527. The molecule has 3 atom stereocenters. The zero-order chi connectivity index (χ0) is 12.5. The molecule has 1 fully saturated rings. The Bertz CT molecular complexity index is 187. The van der Waals surface area contributed by atoms with Crippen LogP contribution in [0.3, 0.4) is 0 Å². The van der Waals surface area contributed by atoms with Gasteiger partial charge in [0.15, 0.2) is 0 Å². The van der Waals surface area contributed by atoms with E-state index in [1.54, 1.807) is 7.11 Å². The summed E-state index contributed by atoms with van der Waals surface area (Å²) in [5.74, 6) is 0. The fourth-order valence-electron chi connectivity index (χ4n) is 2.68. The highest BCUT2D eigenvalue weighted by Crippen LogP contribution is 2.21. The Balaban J connectivity index is 2.47. The van der Waals surface area contributed by atoms with Gasteiger partial charge in [0, 0.05) is 13.2 Å². The predicted molar refractivity (Wildman–Crippen MR) is 71.4 cm³/mol. The van der Waals surface area contributed by atoms with E-state index in [9.17, 15) is 0 Å². The quantitative estimate of drug-likeness (QED) is 0.778. The largest absolute Gasteiger partial charge is 0.382 e. The molecule has 1 aliphatic rings. The Morgan fingerprint density at radius 2 is 1.88 bits per heavy atom. The van der Waals surface area contributed by atoms with E-state index >= 15 is 0 Å². The van der Waals surface area contributed by atoms with E-state index in [4.69, 9.17) is 9.47 Å². The number of nitrogens with one attached hydrogen (secondary N) is 1. The molecule has 0 aromatic heterocycles. The molecule has 0 radical (unpaired) electrons. The average molecular weight is 243 g/mol. The summed E-state index contributed by atoms with van der Waals surface area (Å²) in [4.78, 5) is 0. The molecule has 17 heavy (non-hydrogen) atoms. The lowest BCUT2D eigenvalue weighted by Crippen LogP contribution is -2.43. The van der Waals surface area contributed by atoms with Gasteiger partial charge in [-0.05, 0) is 26.3 Å². The highest BCUT2D eigenvalue weighted by atomic mass is 16.5. The lowest BCUT2D eigenvalue weighted by Gasteiger charge is -2.32. The average Bonchev–Trinajstić information content (AvgIpc) is 2.28. The molecule has 1 aliphatic carbocycles. The van der Waals surface area contributed by atoms with Gasteiger partial charge in [-0.15, -0.1) is 0 Å². The third kappa shape index (κ3) is 5.84. The van der Waals surface area contributed by atoms with Gasteiger partial charge in [0.25, 0.3) is 0 Å². The van der Waals surface area contributed by atoms with Crippen molar-refractivity contribution >= 4 is 0 Å². The van der Waals surface area contributed by atoms with Gasteiger partial charge < -0.3 is 14.8 Å². The van der Waals surface area contributed by atoms with Crippen LogP contribution >= 0.6 is 0 Å². The zero-order valence-corrected chi connectivity index (χ0v) is 11.7. The van der Waals surface area contributed by atoms with Gasteiger partial charge in [-0.3, -0.25) is 0 Å². The molecular weight excluding hydrogens is 214 g/mol. The van der Waals surface area contributed by atoms with Gasteiger partial charge >= 0.3 is 0 Å². The molecule has 1 saturated carbocycles. The van der Waals surface area contributed by atoms with E-state index in [0.29, 0.717) is 18.8 Å². The number of hydrogen-bond donors (Lipinski definition) is 1. The molecule has 0 amide bonds. The van der Waals surface area contributed by atoms with Gasteiger partial charge in [-0.1, -0.05) is 32.6 Å². The third-order valence-corrected chi connectivity index (χ3v) is 3.48. The van der Waals surface area contributed by atoms with Gasteiger partial charge in [0.05, 0.1) is 18.8 Å². The maximum absolute atomic E-state index is 6.14. The maximum Gasteiger partial charge on any atom is 0.0784 e. The van der Waals surface area contributed by atoms with E-state index in [-0.39, 0.29) is 6.10 Å². The lowest BCUT2D eigenvalue weighted by molar-refractivity contribution is -0.0600. The first-order chi connectivity index (χ1) is 8.27. The Kier molecular flexibility index (Phi) is 7.82. The summed E-state index contributed by atoms with van der Waals surface area (Å²) >= 11 is 0. The van der Waals surface area contributed by atoms with Crippen molar-refractivity contribution < 1.29 is 9.47 Å². The van der Waals surface area contributed by atoms with Crippen molar-refractivity contribution in [2.24, 2.45) is 0 Å². The number of ether oxygens (including phenoxy) is 2. The maximum atomic E-state index is 6.14. The molecule has 0 heterocycles. The van der Waals surface area contributed by atoms with Crippen molar-refractivity contribution in [1.29, 1.82) is 0 Å². The molecule has 3 heteroatoms. The number of rotatable bonds is 6. The van der Waals surface area contributed by atoms with Crippen molar-refractivity contribution in [3.63, 3.8) is 0 Å². The zero-order valence-electron chi connectivity index (χ0n) is 11.7. The molecule has 3 nitrogen and oxygen atoms in total. The second-order valence-corrected chi connectivity index (χ2v) is 5.10. The first-order valence-corrected chi connectivity index (χ1v) is 7.15. The molecule has 0 aromatic rings. The summed E-state index contributed by atoms with van der Waals surface area (Å²) in [6.45, 7) is 6.00. The van der Waals surface area contributed by atoms with Crippen LogP contribution in [0.4, 0.5) is 0 Å². The molecule has 102 valence electrons. The van der Waals surface area contributed by atoms with E-state index < -0.39 is 0 Å². The lowest BCUT2D eigenvalue weighted by atomic mass is 9.94. The van der Waals surface area contributed by atoms with E-state index in [1.165, 1.54) is 38.5 Å². The SMILES string of the molecule is CCNC1CCCCCCC1OC(C)COC. The van der Waals surface area contributed by atoms with Crippen molar-refractivity contribution in [2.75, 3.05) is 20.3 Å².